The number of nitrogens with one attached hydrogen (secondary N) is 1. The highest BCUT2D eigenvalue weighted by Gasteiger charge is 2.17. The van der Waals surface area contributed by atoms with Crippen LogP contribution in [0.4, 0.5) is 16.5 Å². The summed E-state index contributed by atoms with van der Waals surface area (Å²) in [7, 11) is 0. The molecule has 0 saturated carbocycles. The molecule has 1 amide bonds. The molecule has 0 aromatic carbocycles. The van der Waals surface area contributed by atoms with Gasteiger partial charge < -0.3 is 11.1 Å². The van der Waals surface area contributed by atoms with Crippen molar-refractivity contribution in [3.05, 3.63) is 34.1 Å². The van der Waals surface area contributed by atoms with Crippen LogP contribution in [0.25, 0.3) is 0 Å². The van der Waals surface area contributed by atoms with E-state index in [-0.39, 0.29) is 17.1 Å². The summed E-state index contributed by atoms with van der Waals surface area (Å²) in [6.07, 6.45) is 2.34. The Morgan fingerprint density at radius 1 is 1.50 bits per heavy atom. The van der Waals surface area contributed by atoms with E-state index in [4.69, 9.17) is 5.73 Å². The molecule has 10 heteroatoms. The van der Waals surface area contributed by atoms with Crippen LogP contribution in [0.15, 0.2) is 18.5 Å². The van der Waals surface area contributed by atoms with Gasteiger partial charge in [-0.15, -0.1) is 5.10 Å². The lowest BCUT2D eigenvalue weighted by molar-refractivity contribution is -0.385. The molecule has 18 heavy (non-hydrogen) atoms. The van der Waals surface area contributed by atoms with E-state index in [9.17, 15) is 14.9 Å². The van der Waals surface area contributed by atoms with Gasteiger partial charge in [0.2, 0.25) is 0 Å². The third kappa shape index (κ3) is 2.38. The Bertz CT molecular complexity index is 599. The quantitative estimate of drug-likeness (QED) is 0.615. The van der Waals surface area contributed by atoms with Crippen molar-refractivity contribution in [1.29, 1.82) is 0 Å². The van der Waals surface area contributed by atoms with Crippen LogP contribution in [-0.2, 0) is 0 Å². The Hall–Kier alpha value is -2.62. The number of nitrogen functional groups attached to an aromatic ring is 1. The number of aromatic nitrogens is 3. The molecular weight excluding hydrogens is 260 g/mol. The van der Waals surface area contributed by atoms with Crippen molar-refractivity contribution in [2.75, 3.05) is 11.1 Å². The number of hydrogen-bond donors (Lipinski definition) is 2. The number of carbonyl (C=O) groups excluding carboxylic acids is 1. The summed E-state index contributed by atoms with van der Waals surface area (Å²) in [5.41, 5.74) is 5.12. The van der Waals surface area contributed by atoms with E-state index in [1.807, 2.05) is 0 Å². The van der Waals surface area contributed by atoms with Gasteiger partial charge in [0.15, 0.2) is 0 Å². The third-order valence-electron chi connectivity index (χ3n) is 1.96. The lowest BCUT2D eigenvalue weighted by Gasteiger charge is -2.03. The van der Waals surface area contributed by atoms with Crippen LogP contribution < -0.4 is 11.1 Å². The van der Waals surface area contributed by atoms with Crippen LogP contribution in [0.1, 0.15) is 10.4 Å². The second-order valence-corrected chi connectivity index (χ2v) is 3.91. The molecule has 2 aromatic rings. The standard InChI is InChI=1S/C8H6N6O3S/c9-7-5(1-4(2-10-7)14(16)17)8(15)12-6-3-11-13-18-6/h1-3H,(H2,9,10)(H,12,15). The zero-order chi connectivity index (χ0) is 13.1. The minimum absolute atomic E-state index is 0.0717. The SMILES string of the molecule is Nc1ncc([N+](=O)[O-])cc1C(=O)Nc1cnns1. The number of pyridine rings is 1. The van der Waals surface area contributed by atoms with E-state index in [0.29, 0.717) is 5.00 Å². The molecule has 0 unspecified atom stereocenters. The number of nitrogens with zero attached hydrogens (tertiary/aromatic N) is 4. The van der Waals surface area contributed by atoms with E-state index in [0.717, 1.165) is 23.8 Å². The summed E-state index contributed by atoms with van der Waals surface area (Å²) in [5.74, 6) is -0.690. The van der Waals surface area contributed by atoms with Crippen LogP contribution in [0.5, 0.6) is 0 Å². The largest absolute Gasteiger partial charge is 0.383 e. The summed E-state index contributed by atoms with van der Waals surface area (Å²) >= 11 is 0.974. The fourth-order valence-corrected chi connectivity index (χ4v) is 1.56. The number of amides is 1. The molecule has 0 bridgehead atoms. The number of anilines is 2. The van der Waals surface area contributed by atoms with Crippen molar-refractivity contribution in [3.63, 3.8) is 0 Å². The normalized spacial score (nSPS) is 10.0. The molecule has 2 aromatic heterocycles. The number of hydrogen-bond acceptors (Lipinski definition) is 8. The molecule has 0 atom stereocenters. The van der Waals surface area contributed by atoms with Gasteiger partial charge in [-0.05, 0) is 0 Å². The smallest absolute Gasteiger partial charge is 0.288 e. The molecule has 3 N–H and O–H groups in total. The summed E-state index contributed by atoms with van der Waals surface area (Å²) in [6, 6.07) is 1.06. The number of nitro groups is 1. The number of carbonyl (C=O) groups is 1. The van der Waals surface area contributed by atoms with Crippen molar-refractivity contribution in [3.8, 4) is 0 Å². The fraction of sp³-hybridized carbons (Fsp3) is 0. The van der Waals surface area contributed by atoms with Gasteiger partial charge >= 0.3 is 0 Å². The number of nitrogens with two attached hydrogens (primary N) is 1. The fourth-order valence-electron chi connectivity index (χ4n) is 1.15. The van der Waals surface area contributed by atoms with Gasteiger partial charge in [0.05, 0.1) is 16.7 Å². The zero-order valence-corrected chi connectivity index (χ0v) is 9.55. The Morgan fingerprint density at radius 3 is 2.89 bits per heavy atom. The van der Waals surface area contributed by atoms with E-state index >= 15 is 0 Å². The van der Waals surface area contributed by atoms with Crippen molar-refractivity contribution in [1.82, 2.24) is 14.6 Å². The molecule has 0 spiro atoms. The maximum Gasteiger partial charge on any atom is 0.288 e. The van der Waals surface area contributed by atoms with Crippen LogP contribution >= 0.6 is 11.5 Å². The molecule has 0 fully saturated rings. The first-order chi connectivity index (χ1) is 8.58. The Morgan fingerprint density at radius 2 is 2.28 bits per heavy atom. The highest BCUT2D eigenvalue weighted by atomic mass is 32.1. The van der Waals surface area contributed by atoms with Gasteiger partial charge in [-0.1, -0.05) is 4.49 Å². The first kappa shape index (κ1) is 11.9. The summed E-state index contributed by atoms with van der Waals surface area (Å²) in [6.45, 7) is 0. The van der Waals surface area contributed by atoms with Crippen LogP contribution in [0.2, 0.25) is 0 Å². The van der Waals surface area contributed by atoms with Crippen LogP contribution in [-0.4, -0.2) is 25.4 Å². The van der Waals surface area contributed by atoms with Gasteiger partial charge in [-0.25, -0.2) is 4.98 Å². The molecule has 2 rings (SSSR count). The average molecular weight is 266 g/mol. The molecule has 0 aliphatic carbocycles. The number of rotatable bonds is 3. The van der Waals surface area contributed by atoms with Gasteiger partial charge in [-0.2, -0.15) is 0 Å². The molecule has 0 saturated heterocycles. The maximum absolute atomic E-state index is 11.8. The van der Waals surface area contributed by atoms with Gasteiger partial charge in [0.1, 0.15) is 17.0 Å². The maximum atomic E-state index is 11.8. The topological polar surface area (TPSA) is 137 Å². The first-order valence-corrected chi connectivity index (χ1v) is 5.34. The van der Waals surface area contributed by atoms with Crippen LogP contribution in [0, 0.1) is 10.1 Å². The second-order valence-electron chi connectivity index (χ2n) is 3.12. The third-order valence-corrected chi connectivity index (χ3v) is 2.54. The molecule has 9 nitrogen and oxygen atoms in total. The predicted molar refractivity (Wildman–Crippen MR) is 63.2 cm³/mol. The summed E-state index contributed by atoms with van der Waals surface area (Å²) < 4.78 is 3.56. The van der Waals surface area contributed by atoms with Gasteiger partial charge in [-0.3, -0.25) is 14.9 Å². The summed E-state index contributed by atoms with van der Waals surface area (Å²) in [5, 5.41) is 17.0. The van der Waals surface area contributed by atoms with Gasteiger partial charge in [0, 0.05) is 17.6 Å². The highest BCUT2D eigenvalue weighted by Crippen LogP contribution is 2.19. The van der Waals surface area contributed by atoms with E-state index in [1.165, 1.54) is 6.20 Å². The molecular formula is C8H6N6O3S. The van der Waals surface area contributed by atoms with Gasteiger partial charge in [0.25, 0.3) is 11.6 Å². The lowest BCUT2D eigenvalue weighted by Crippen LogP contribution is -2.14. The minimum atomic E-state index is -0.655. The molecule has 0 radical (unpaired) electrons. The average Bonchev–Trinajstić information content (AvgIpc) is 2.81. The van der Waals surface area contributed by atoms with Crippen LogP contribution in [0.3, 0.4) is 0 Å². The monoisotopic (exact) mass is 266 g/mol. The van der Waals surface area contributed by atoms with Crippen molar-refractivity contribution >= 4 is 33.9 Å². The summed E-state index contributed by atoms with van der Waals surface area (Å²) in [4.78, 5) is 25.3. The van der Waals surface area contributed by atoms with E-state index in [1.54, 1.807) is 0 Å². The Balaban J connectivity index is 2.29. The molecule has 0 aliphatic rings. The molecule has 92 valence electrons. The van der Waals surface area contributed by atoms with Crippen molar-refractivity contribution < 1.29 is 9.72 Å². The zero-order valence-electron chi connectivity index (χ0n) is 8.73. The van der Waals surface area contributed by atoms with Crippen molar-refractivity contribution in [2.45, 2.75) is 0 Å². The Labute approximate surface area is 104 Å². The predicted octanol–water partition coefficient (Wildman–Crippen LogP) is 0.676. The second kappa shape index (κ2) is 4.71. The highest BCUT2D eigenvalue weighted by molar-refractivity contribution is 7.10. The minimum Gasteiger partial charge on any atom is -0.383 e. The first-order valence-electron chi connectivity index (χ1n) is 4.56. The van der Waals surface area contributed by atoms with E-state index in [2.05, 4.69) is 19.9 Å². The molecule has 2 heterocycles. The van der Waals surface area contributed by atoms with E-state index < -0.39 is 10.8 Å². The molecule has 0 aliphatic heterocycles. The Kier molecular flexibility index (Phi) is 3.10. The van der Waals surface area contributed by atoms with Crippen molar-refractivity contribution in [2.24, 2.45) is 0 Å². The lowest BCUT2D eigenvalue weighted by atomic mass is 10.2.